The van der Waals surface area contributed by atoms with E-state index in [1.54, 1.807) is 93.5 Å². The fraction of sp³-hybridized carbons (Fsp3) is 0.650. The van der Waals surface area contributed by atoms with Crippen molar-refractivity contribution in [3.05, 3.63) is 85.0 Å². The summed E-state index contributed by atoms with van der Waals surface area (Å²) in [6.45, 7) is 48.1. The van der Waals surface area contributed by atoms with Crippen molar-refractivity contribution in [3.63, 3.8) is 0 Å². The summed E-state index contributed by atoms with van der Waals surface area (Å²) < 4.78 is 20.4. The van der Waals surface area contributed by atoms with E-state index in [0.29, 0.717) is 91.8 Å². The summed E-state index contributed by atoms with van der Waals surface area (Å²) in [4.78, 5) is 82.5. The van der Waals surface area contributed by atoms with Gasteiger partial charge >= 0.3 is 59.9 Å². The zero-order chi connectivity index (χ0) is 64.3. The van der Waals surface area contributed by atoms with Crippen molar-refractivity contribution in [1.29, 1.82) is 0 Å². The van der Waals surface area contributed by atoms with Gasteiger partial charge in [-0.1, -0.05) is 66.1 Å². The Bertz CT molecular complexity index is 2160. The average molecular weight is 1210 g/mol. The average Bonchev–Trinajstić information content (AvgIpc) is 2.13. The summed E-state index contributed by atoms with van der Waals surface area (Å²) in [7, 11) is 0. The van der Waals surface area contributed by atoms with Gasteiger partial charge in [0.15, 0.2) is 0 Å². The smallest absolute Gasteiger partial charge is 1.00 e. The number of carboxylic acid groups (broad SMARTS) is 1. The minimum absolute atomic E-state index is 0. The van der Waals surface area contributed by atoms with Crippen LogP contribution >= 0.6 is 0 Å². The molecule has 25 heteroatoms. The number of rotatable bonds is 29. The van der Waals surface area contributed by atoms with Gasteiger partial charge in [0.2, 0.25) is 0 Å². The van der Waals surface area contributed by atoms with E-state index in [0.717, 1.165) is 45.1 Å². The minimum Gasteiger partial charge on any atom is -1.00 e. The van der Waals surface area contributed by atoms with E-state index in [9.17, 15) is 33.6 Å². The van der Waals surface area contributed by atoms with Crippen molar-refractivity contribution in [3.8, 4) is 0 Å². The fourth-order valence-electron chi connectivity index (χ4n) is 6.74. The molecule has 0 saturated heterocycles. The van der Waals surface area contributed by atoms with Gasteiger partial charge < -0.3 is 57.6 Å². The van der Waals surface area contributed by atoms with Crippen LogP contribution in [0.1, 0.15) is 184 Å². The third-order valence-electron chi connectivity index (χ3n) is 10.9. The number of ether oxygens (including phenoxy) is 4. The van der Waals surface area contributed by atoms with E-state index in [1.807, 2.05) is 34.6 Å². The molecule has 1 aromatic carbocycles. The van der Waals surface area contributed by atoms with Crippen LogP contribution < -0.4 is 77.8 Å². The molecular weight excluding hydrogens is 1100 g/mol. The molecule has 0 saturated carbocycles. The Hall–Kier alpha value is -5.95. The molecule has 0 aliphatic carbocycles. The van der Waals surface area contributed by atoms with Crippen LogP contribution in [0.3, 0.4) is 0 Å². The van der Waals surface area contributed by atoms with Crippen molar-refractivity contribution >= 4 is 50.6 Å². The fourth-order valence-corrected chi connectivity index (χ4v) is 6.74. The SMILES string of the molecule is C=C(NCCC[C@H](C)C(=O)O)NC(=O)OC(C)(C)C.C=C(NCCC[C@H](C)CN)NC(=O)OC(C)(C)C.C=C(NCCC[C@H](C)CN1C(=O)c2ccccc2C1=O)NC(=O)OC(C)(C)C.C=C(NCCC[C@H](C)CO)NC(=O)OC(C)(C)C.[B].[H-].[Na+]. The number of carboxylic acids is 1. The molecule has 0 fully saturated rings. The van der Waals surface area contributed by atoms with Gasteiger partial charge in [0.1, 0.15) is 45.7 Å². The third kappa shape index (κ3) is 47.9. The van der Waals surface area contributed by atoms with Crippen molar-refractivity contribution in [1.82, 2.24) is 47.4 Å². The van der Waals surface area contributed by atoms with Crippen molar-refractivity contribution < 1.29 is 93.7 Å². The number of nitrogens with one attached hydrogen (secondary N) is 8. The molecule has 85 heavy (non-hydrogen) atoms. The van der Waals surface area contributed by atoms with Crippen LogP contribution in [0.15, 0.2) is 73.9 Å². The van der Waals surface area contributed by atoms with Crippen LogP contribution in [0.25, 0.3) is 0 Å². The van der Waals surface area contributed by atoms with E-state index in [-0.39, 0.29) is 69.7 Å². The molecule has 3 radical (unpaired) electrons. The number of carbonyl (C=O) groups is 7. The summed E-state index contributed by atoms with van der Waals surface area (Å²) in [6.07, 6.45) is 4.66. The molecule has 6 amide bonds. The number of fused-ring (bicyclic) bond motifs is 1. The molecule has 0 aromatic heterocycles. The summed E-state index contributed by atoms with van der Waals surface area (Å²) in [6, 6.07) is 6.91. The largest absolute Gasteiger partial charge is 1.00 e. The summed E-state index contributed by atoms with van der Waals surface area (Å²) >= 11 is 0. The van der Waals surface area contributed by atoms with E-state index in [2.05, 4.69) is 75.8 Å². The van der Waals surface area contributed by atoms with Crippen LogP contribution in [0, 0.1) is 23.7 Å². The molecule has 4 atom stereocenters. The standard InChI is InChI=1S/C21H29N3O4.C13H27N3O2.C13H24N2O4.C13H26N2O3.B.Na.H/c1-14(9-8-12-22-15(2)23-20(27)28-21(3,4)5)13-24-18(25)16-10-6-7-11-17(16)19(24)26;1-10(9-14)7-6-8-15-11(2)16-12(17)18-13(3,4)5;1-9(11(16)17)7-6-8-14-10(2)15-12(18)19-13(3,4)5;1-10(9-16)7-6-8-14-11(2)15-12(17)18-13(3,4)5;;;/h6-7,10-11,14,22H,2,8-9,12-13H2,1,3-5H3,(H,23,27);10,15H,2,6-9,14H2,1,3-5H3,(H,16,17);9,14H,2,6-8H2,1,3-5H3,(H,15,18)(H,16,17);10,14,16H,2,6-9H2,1,3-5H3,(H,15,17);;;/q;;;;;+1;-1/t14-;10-;9-;10-;;;/m0000.../s1. The number of nitrogens with two attached hydrogens (primary N) is 1. The second-order valence-corrected chi connectivity index (χ2v) is 24.4. The van der Waals surface area contributed by atoms with Crippen LogP contribution in [0.2, 0.25) is 0 Å². The maximum atomic E-state index is 12.4. The van der Waals surface area contributed by atoms with E-state index >= 15 is 0 Å². The normalized spacial score (nSPS) is 12.9. The number of carbonyl (C=O) groups excluding carboxylic acids is 6. The number of aliphatic carboxylic acids is 1. The molecule has 1 aromatic rings. The van der Waals surface area contributed by atoms with Crippen LogP contribution in [0.5, 0.6) is 0 Å². The molecular formula is C60H107BN10NaO13. The Morgan fingerprint density at radius 1 is 0.529 bits per heavy atom. The molecule has 1 aliphatic rings. The van der Waals surface area contributed by atoms with Gasteiger partial charge in [-0.2, -0.15) is 0 Å². The predicted octanol–water partition coefficient (Wildman–Crippen LogP) is 6.02. The zero-order valence-corrected chi connectivity index (χ0v) is 56.5. The molecule has 1 heterocycles. The first-order chi connectivity index (χ1) is 38.2. The number of aliphatic hydroxyl groups is 1. The third-order valence-corrected chi connectivity index (χ3v) is 10.9. The molecule has 12 N–H and O–H groups in total. The van der Waals surface area contributed by atoms with Gasteiger partial charge in [-0.15, -0.1) is 0 Å². The molecule has 479 valence electrons. The second kappa shape index (κ2) is 43.6. The summed E-state index contributed by atoms with van der Waals surface area (Å²) in [5.41, 5.74) is 4.35. The van der Waals surface area contributed by atoms with Crippen LogP contribution in [0.4, 0.5) is 19.2 Å². The van der Waals surface area contributed by atoms with Gasteiger partial charge in [-0.3, -0.25) is 40.6 Å². The monoisotopic (exact) mass is 1210 g/mol. The van der Waals surface area contributed by atoms with Crippen molar-refractivity contribution in [2.45, 2.75) is 185 Å². The number of alkyl carbamates (subject to hydrolysis) is 4. The predicted molar refractivity (Wildman–Crippen MR) is 332 cm³/mol. The van der Waals surface area contributed by atoms with Crippen molar-refractivity contribution in [2.24, 2.45) is 29.4 Å². The Morgan fingerprint density at radius 3 is 1.06 bits per heavy atom. The van der Waals surface area contributed by atoms with Gasteiger partial charge in [0.05, 0.1) is 17.0 Å². The number of aliphatic hydroxyl groups excluding tert-OH is 1. The Balaban J connectivity index is -0.000000343. The molecule has 0 unspecified atom stereocenters. The number of benzene rings is 1. The van der Waals surface area contributed by atoms with E-state index in [4.69, 9.17) is 34.9 Å². The molecule has 1 aliphatic heterocycles. The van der Waals surface area contributed by atoms with Crippen molar-refractivity contribution in [2.75, 3.05) is 45.9 Å². The molecule has 23 nitrogen and oxygen atoms in total. The molecule has 0 bridgehead atoms. The molecule has 2 rings (SSSR count). The topological polar surface area (TPSA) is 322 Å². The first-order valence-electron chi connectivity index (χ1n) is 28.4. The Morgan fingerprint density at radius 2 is 0.800 bits per heavy atom. The molecule has 0 spiro atoms. The van der Waals surface area contributed by atoms with Gasteiger partial charge in [-0.25, -0.2) is 19.2 Å². The summed E-state index contributed by atoms with van der Waals surface area (Å²) in [5, 5.41) is 39.6. The maximum Gasteiger partial charge on any atom is 1.00 e. The first-order valence-corrected chi connectivity index (χ1v) is 28.4. The number of amides is 6. The Kier molecular flexibility index (Phi) is 43.9. The number of hydrogen-bond acceptors (Lipinski definition) is 17. The maximum absolute atomic E-state index is 12.4. The van der Waals surface area contributed by atoms with E-state index in [1.165, 1.54) is 4.90 Å². The van der Waals surface area contributed by atoms with Gasteiger partial charge in [-0.05, 0) is 171 Å². The number of imide groups is 1. The second-order valence-electron chi connectivity index (χ2n) is 24.4. The van der Waals surface area contributed by atoms with E-state index < -0.39 is 52.7 Å². The number of hydrogen-bond donors (Lipinski definition) is 11. The quantitative estimate of drug-likeness (QED) is 0.0189. The zero-order valence-electron chi connectivity index (χ0n) is 55.5. The van der Waals surface area contributed by atoms with Gasteiger partial charge in [0.25, 0.3) is 11.8 Å². The van der Waals surface area contributed by atoms with Crippen LogP contribution in [-0.4, -0.2) is 134 Å². The summed E-state index contributed by atoms with van der Waals surface area (Å²) in [5.74, 6) is 1.000. The first kappa shape index (κ1) is 85.5. The number of nitrogens with zero attached hydrogens (tertiary/aromatic N) is 1. The Labute approximate surface area is 533 Å². The minimum atomic E-state index is -0.800. The van der Waals surface area contributed by atoms with Gasteiger partial charge in [0, 0.05) is 47.7 Å². The van der Waals surface area contributed by atoms with Crippen LogP contribution in [-0.2, 0) is 23.7 Å².